The van der Waals surface area contributed by atoms with Crippen LogP contribution in [0.3, 0.4) is 0 Å². The van der Waals surface area contributed by atoms with Gasteiger partial charge in [0.1, 0.15) is 5.82 Å². The van der Waals surface area contributed by atoms with Crippen molar-refractivity contribution in [1.29, 1.82) is 0 Å². The van der Waals surface area contributed by atoms with Gasteiger partial charge in [-0.2, -0.15) is 0 Å². The molecule has 9 heteroatoms. The van der Waals surface area contributed by atoms with Crippen LogP contribution in [0, 0.1) is 9.39 Å². The van der Waals surface area contributed by atoms with Crippen LogP contribution in [0.4, 0.5) is 19.4 Å². The summed E-state index contributed by atoms with van der Waals surface area (Å²) in [5, 5.41) is 11.0. The van der Waals surface area contributed by atoms with Gasteiger partial charge >= 0.3 is 6.09 Å². The molecular formula is C16H12F2I2N2O3. The predicted octanol–water partition coefficient (Wildman–Crippen LogP) is 4.29. The number of alkyl halides is 1. The molecule has 132 valence electrons. The molecule has 0 aliphatic carbocycles. The lowest BCUT2D eigenvalue weighted by Gasteiger charge is -2.28. The summed E-state index contributed by atoms with van der Waals surface area (Å²) in [5.74, 6) is -1.55. The normalized spacial score (nSPS) is 13.0. The van der Waals surface area contributed by atoms with Gasteiger partial charge in [0.15, 0.2) is 3.55 Å². The van der Waals surface area contributed by atoms with Gasteiger partial charge in [-0.1, -0.05) is 16.6 Å². The van der Waals surface area contributed by atoms with Crippen molar-refractivity contribution in [2.45, 2.75) is 9.97 Å². The van der Waals surface area contributed by atoms with Gasteiger partial charge in [0.05, 0.1) is 5.69 Å². The van der Waals surface area contributed by atoms with Crippen LogP contribution in [0.1, 0.15) is 5.56 Å². The van der Waals surface area contributed by atoms with Crippen molar-refractivity contribution in [2.75, 3.05) is 5.12 Å². The Balaban J connectivity index is 2.30. The number of benzene rings is 2. The summed E-state index contributed by atoms with van der Waals surface area (Å²) < 4.78 is 26.6. The van der Waals surface area contributed by atoms with Gasteiger partial charge in [-0.05, 0) is 87.1 Å². The van der Waals surface area contributed by atoms with Crippen LogP contribution in [0.15, 0.2) is 48.5 Å². The number of halogens is 4. The molecule has 0 saturated heterocycles. The Bertz CT molecular complexity index is 772. The van der Waals surface area contributed by atoms with E-state index in [9.17, 15) is 18.5 Å². The first-order valence-corrected chi connectivity index (χ1v) is 9.07. The monoisotopic (exact) mass is 572 g/mol. The van der Waals surface area contributed by atoms with Crippen LogP contribution in [-0.2, 0) is 11.2 Å². The molecule has 2 aromatic carbocycles. The fraction of sp³-hybridized carbons (Fsp3) is 0.125. The highest BCUT2D eigenvalue weighted by Crippen LogP contribution is 2.28. The van der Waals surface area contributed by atoms with E-state index in [1.165, 1.54) is 36.4 Å². The first-order chi connectivity index (χ1) is 11.7. The van der Waals surface area contributed by atoms with E-state index < -0.39 is 21.4 Å². The average Bonchev–Trinajstić information content (AvgIpc) is 2.55. The van der Waals surface area contributed by atoms with Crippen LogP contribution >= 0.6 is 45.2 Å². The van der Waals surface area contributed by atoms with E-state index in [2.05, 4.69) is 5.32 Å². The summed E-state index contributed by atoms with van der Waals surface area (Å²) in [7, 11) is 0. The zero-order valence-electron chi connectivity index (χ0n) is 12.5. The Labute approximate surface area is 169 Å². The highest BCUT2D eigenvalue weighted by molar-refractivity contribution is 14.1. The summed E-state index contributed by atoms with van der Waals surface area (Å²) >= 11 is 3.60. The summed E-state index contributed by atoms with van der Waals surface area (Å²) in [4.78, 5) is 23.7. The van der Waals surface area contributed by atoms with Crippen molar-refractivity contribution < 1.29 is 23.6 Å². The summed E-state index contributed by atoms with van der Waals surface area (Å²) in [6, 6.07) is 11.3. The SMILES string of the molecule is O=C(O)NC(I)(Cc1ccc(F)cc1)C(=O)N(F)c1ccc(I)cc1. The zero-order chi connectivity index (χ0) is 18.6. The lowest BCUT2D eigenvalue weighted by Crippen LogP contribution is -2.55. The maximum Gasteiger partial charge on any atom is 0.406 e. The maximum atomic E-state index is 14.6. The molecule has 2 aromatic rings. The van der Waals surface area contributed by atoms with Gasteiger partial charge < -0.3 is 5.11 Å². The number of anilines is 1. The average molecular weight is 572 g/mol. The Kier molecular flexibility index (Phi) is 6.54. The number of amides is 2. The number of nitrogens with zero attached hydrogens (tertiary/aromatic N) is 1. The number of carboxylic acid groups (broad SMARTS) is 1. The second-order valence-electron chi connectivity index (χ2n) is 5.10. The molecule has 0 heterocycles. The molecule has 0 radical (unpaired) electrons. The third kappa shape index (κ3) is 5.23. The smallest absolute Gasteiger partial charge is 0.406 e. The molecule has 2 N–H and O–H groups in total. The number of hydrogen-bond donors (Lipinski definition) is 2. The van der Waals surface area contributed by atoms with Gasteiger partial charge in [0.2, 0.25) is 0 Å². The van der Waals surface area contributed by atoms with E-state index in [1.807, 2.05) is 22.6 Å². The van der Waals surface area contributed by atoms with Crippen LogP contribution in [0.25, 0.3) is 0 Å². The van der Waals surface area contributed by atoms with Gasteiger partial charge in [-0.25, -0.2) is 9.18 Å². The number of carbonyl (C=O) groups excluding carboxylic acids is 1. The van der Waals surface area contributed by atoms with Crippen molar-refractivity contribution in [1.82, 2.24) is 5.32 Å². The number of nitrogens with one attached hydrogen (secondary N) is 1. The molecule has 0 fully saturated rings. The molecule has 0 aromatic heterocycles. The molecule has 0 aliphatic heterocycles. The Morgan fingerprint density at radius 1 is 1.12 bits per heavy atom. The Morgan fingerprint density at radius 2 is 1.68 bits per heavy atom. The fourth-order valence-corrected chi connectivity index (χ4v) is 3.31. The molecule has 0 bridgehead atoms. The van der Waals surface area contributed by atoms with E-state index in [4.69, 9.17) is 5.11 Å². The molecule has 25 heavy (non-hydrogen) atoms. The molecular weight excluding hydrogens is 560 g/mol. The third-order valence-electron chi connectivity index (χ3n) is 3.24. The van der Waals surface area contributed by atoms with E-state index >= 15 is 0 Å². The van der Waals surface area contributed by atoms with Crippen molar-refractivity contribution in [2.24, 2.45) is 0 Å². The van der Waals surface area contributed by atoms with Crippen LogP contribution in [-0.4, -0.2) is 20.7 Å². The van der Waals surface area contributed by atoms with Crippen molar-refractivity contribution >= 4 is 62.9 Å². The highest BCUT2D eigenvalue weighted by Gasteiger charge is 2.42. The topological polar surface area (TPSA) is 69.6 Å². The van der Waals surface area contributed by atoms with E-state index in [0.717, 1.165) is 3.57 Å². The quantitative estimate of drug-likeness (QED) is 0.243. The summed E-state index contributed by atoms with van der Waals surface area (Å²) in [5.41, 5.74) is 0.465. The van der Waals surface area contributed by atoms with Crippen molar-refractivity contribution in [3.63, 3.8) is 0 Å². The molecule has 1 atom stereocenters. The molecule has 2 amide bonds. The molecule has 0 spiro atoms. The minimum atomic E-state index is -1.79. The lowest BCUT2D eigenvalue weighted by atomic mass is 10.0. The van der Waals surface area contributed by atoms with Gasteiger partial charge in [0, 0.05) is 9.99 Å². The van der Waals surface area contributed by atoms with E-state index in [0.29, 0.717) is 5.56 Å². The van der Waals surface area contributed by atoms with E-state index in [-0.39, 0.29) is 17.2 Å². The standard InChI is InChI=1S/C16H12F2I2N2O3/c17-11-3-1-10(2-4-11)9-16(20,21-15(24)25)14(23)22(18)13-7-5-12(19)6-8-13/h1-8,21H,9H2,(H,24,25). The maximum absolute atomic E-state index is 14.6. The van der Waals surface area contributed by atoms with Crippen molar-refractivity contribution in [3.8, 4) is 0 Å². The van der Waals surface area contributed by atoms with Gasteiger partial charge in [-0.15, -0.1) is 5.12 Å². The third-order valence-corrected chi connectivity index (χ3v) is 5.07. The Morgan fingerprint density at radius 3 is 2.20 bits per heavy atom. The van der Waals surface area contributed by atoms with Crippen molar-refractivity contribution in [3.05, 3.63) is 63.5 Å². The summed E-state index contributed by atoms with van der Waals surface area (Å²) in [6.45, 7) is 0. The molecule has 2 rings (SSSR count). The lowest BCUT2D eigenvalue weighted by molar-refractivity contribution is -0.123. The molecule has 0 aliphatic rings. The first-order valence-electron chi connectivity index (χ1n) is 6.91. The number of rotatable bonds is 5. The largest absolute Gasteiger partial charge is 0.465 e. The second-order valence-corrected chi connectivity index (χ2v) is 8.18. The first kappa shape index (κ1) is 19.8. The van der Waals surface area contributed by atoms with Crippen LogP contribution < -0.4 is 10.4 Å². The molecule has 0 saturated carbocycles. The second kappa shape index (κ2) is 8.25. The predicted molar refractivity (Wildman–Crippen MR) is 106 cm³/mol. The fourth-order valence-electron chi connectivity index (χ4n) is 2.07. The molecule has 5 nitrogen and oxygen atoms in total. The Hall–Kier alpha value is -1.50. The van der Waals surface area contributed by atoms with E-state index in [1.54, 1.807) is 34.7 Å². The molecule has 1 unspecified atom stereocenters. The van der Waals surface area contributed by atoms with Gasteiger partial charge in [0.25, 0.3) is 5.91 Å². The van der Waals surface area contributed by atoms with Crippen LogP contribution in [0.5, 0.6) is 0 Å². The highest BCUT2D eigenvalue weighted by atomic mass is 127. The van der Waals surface area contributed by atoms with Gasteiger partial charge in [-0.3, -0.25) is 10.1 Å². The summed E-state index contributed by atoms with van der Waals surface area (Å²) in [6.07, 6.45) is -1.62. The number of carbonyl (C=O) groups is 2. The number of hydrogen-bond acceptors (Lipinski definition) is 2. The minimum Gasteiger partial charge on any atom is -0.465 e. The van der Waals surface area contributed by atoms with Crippen LogP contribution in [0.2, 0.25) is 0 Å². The minimum absolute atomic E-state index is 0.0160. The zero-order valence-corrected chi connectivity index (χ0v) is 16.9.